The van der Waals surface area contributed by atoms with Crippen LogP contribution in [0.5, 0.6) is 17.2 Å². The number of hydrogen-bond donors (Lipinski definition) is 0. The zero-order valence-electron chi connectivity index (χ0n) is 26.4. The summed E-state index contributed by atoms with van der Waals surface area (Å²) in [5.74, 6) is 0.827. The fourth-order valence-electron chi connectivity index (χ4n) is 4.64. The molecule has 0 saturated carbocycles. The zero-order valence-corrected chi connectivity index (χ0v) is 26.4. The first-order valence-corrected chi connectivity index (χ1v) is 16.4. The van der Waals surface area contributed by atoms with E-state index in [1.165, 1.54) is 83.5 Å². The van der Waals surface area contributed by atoms with E-state index in [9.17, 15) is 9.59 Å². The summed E-state index contributed by atoms with van der Waals surface area (Å²) in [4.78, 5) is 24.8. The zero-order chi connectivity index (χ0) is 30.3. The highest BCUT2D eigenvalue weighted by molar-refractivity contribution is 5.91. The third-order valence-electron chi connectivity index (χ3n) is 7.28. The second-order valence-corrected chi connectivity index (χ2v) is 11.1. The van der Waals surface area contributed by atoms with E-state index in [0.29, 0.717) is 30.3 Å². The van der Waals surface area contributed by atoms with Crippen molar-refractivity contribution < 1.29 is 28.5 Å². The number of hydrogen-bond acceptors (Lipinski definition) is 6. The monoisotopic (exact) mass is 582 g/mol. The van der Waals surface area contributed by atoms with Crippen molar-refractivity contribution in [2.24, 2.45) is 0 Å². The molecule has 0 aliphatic heterocycles. The minimum Gasteiger partial charge on any atom is -0.494 e. The maximum absolute atomic E-state index is 12.6. The van der Waals surface area contributed by atoms with Crippen molar-refractivity contribution in [1.82, 2.24) is 0 Å². The molecule has 0 spiro atoms. The van der Waals surface area contributed by atoms with Crippen LogP contribution in [-0.2, 0) is 9.53 Å². The second-order valence-electron chi connectivity index (χ2n) is 11.1. The van der Waals surface area contributed by atoms with Gasteiger partial charge in [0, 0.05) is 0 Å². The first kappa shape index (κ1) is 35.2. The molecule has 0 aliphatic rings. The first-order chi connectivity index (χ1) is 20.5. The molecule has 0 saturated heterocycles. The van der Waals surface area contributed by atoms with Crippen LogP contribution in [0, 0.1) is 0 Å². The molecule has 0 aliphatic carbocycles. The smallest absolute Gasteiger partial charge is 0.347 e. The summed E-state index contributed by atoms with van der Waals surface area (Å²) in [7, 11) is 0. The van der Waals surface area contributed by atoms with Crippen LogP contribution in [0.1, 0.15) is 134 Å². The Balaban J connectivity index is 1.62. The molecule has 0 radical (unpaired) electrons. The Bertz CT molecular complexity index is 969. The summed E-state index contributed by atoms with van der Waals surface area (Å²) < 4.78 is 22.4. The first-order valence-electron chi connectivity index (χ1n) is 16.4. The van der Waals surface area contributed by atoms with E-state index in [1.807, 2.05) is 0 Å². The van der Waals surface area contributed by atoms with Gasteiger partial charge >= 0.3 is 11.9 Å². The average Bonchev–Trinajstić information content (AvgIpc) is 3.00. The van der Waals surface area contributed by atoms with Crippen molar-refractivity contribution in [2.45, 2.75) is 130 Å². The molecule has 42 heavy (non-hydrogen) atoms. The largest absolute Gasteiger partial charge is 0.494 e. The molecule has 2 aromatic carbocycles. The summed E-state index contributed by atoms with van der Waals surface area (Å²) in [6, 6.07) is 13.7. The summed E-state index contributed by atoms with van der Waals surface area (Å²) in [6.45, 7) is 7.24. The van der Waals surface area contributed by atoms with Gasteiger partial charge in [-0.15, -0.1) is 0 Å². The Labute approximate surface area is 254 Å². The van der Waals surface area contributed by atoms with Crippen molar-refractivity contribution in [3.8, 4) is 17.2 Å². The third-order valence-corrected chi connectivity index (χ3v) is 7.28. The molecule has 0 unspecified atom stereocenters. The van der Waals surface area contributed by atoms with E-state index in [1.54, 1.807) is 55.5 Å². The minimum absolute atomic E-state index is 0.376. The van der Waals surface area contributed by atoms with Crippen molar-refractivity contribution in [3.05, 3.63) is 54.1 Å². The fourth-order valence-corrected chi connectivity index (χ4v) is 4.64. The van der Waals surface area contributed by atoms with Gasteiger partial charge in [0.05, 0.1) is 18.8 Å². The standard InChI is InChI=1S/C36H54O6/c1-4-6-8-10-12-14-16-18-28-39-32-22-20-31(21-23-32)36(38)42-34-26-24-33(25-27-34)41-30(3)35(37)40-29-19-17-15-13-11-9-7-5-2/h20-27,30H,4-19,28-29H2,1-3H3/t30-/m0/s1. The highest BCUT2D eigenvalue weighted by Crippen LogP contribution is 2.21. The lowest BCUT2D eigenvalue weighted by Crippen LogP contribution is -2.26. The number of unbranched alkanes of at least 4 members (excludes halogenated alkanes) is 14. The Morgan fingerprint density at radius 3 is 1.57 bits per heavy atom. The molecule has 2 rings (SSSR count). The number of ether oxygens (including phenoxy) is 4. The van der Waals surface area contributed by atoms with Crippen molar-refractivity contribution in [2.75, 3.05) is 13.2 Å². The maximum Gasteiger partial charge on any atom is 0.347 e. The van der Waals surface area contributed by atoms with Gasteiger partial charge in [-0.25, -0.2) is 9.59 Å². The van der Waals surface area contributed by atoms with Gasteiger partial charge in [0.1, 0.15) is 17.2 Å². The van der Waals surface area contributed by atoms with Crippen molar-refractivity contribution in [3.63, 3.8) is 0 Å². The maximum atomic E-state index is 12.6. The summed E-state index contributed by atoms with van der Waals surface area (Å²) in [5.41, 5.74) is 0.447. The molecule has 0 fully saturated rings. The Morgan fingerprint density at radius 2 is 1.02 bits per heavy atom. The lowest BCUT2D eigenvalue weighted by atomic mass is 10.1. The van der Waals surface area contributed by atoms with Gasteiger partial charge in [-0.1, -0.05) is 104 Å². The Hall–Kier alpha value is -3.02. The lowest BCUT2D eigenvalue weighted by Gasteiger charge is -2.14. The van der Waals surface area contributed by atoms with Crippen LogP contribution in [0.2, 0.25) is 0 Å². The Morgan fingerprint density at radius 1 is 0.571 bits per heavy atom. The Kier molecular flexibility index (Phi) is 18.9. The van der Waals surface area contributed by atoms with Crippen molar-refractivity contribution in [1.29, 1.82) is 0 Å². The molecule has 234 valence electrons. The van der Waals surface area contributed by atoms with Gasteiger partial charge in [0.15, 0.2) is 6.10 Å². The quantitative estimate of drug-likeness (QED) is 0.0697. The highest BCUT2D eigenvalue weighted by atomic mass is 16.6. The van der Waals surface area contributed by atoms with Crippen LogP contribution < -0.4 is 14.2 Å². The molecule has 0 amide bonds. The molecule has 6 heteroatoms. The van der Waals surface area contributed by atoms with Crippen LogP contribution in [0.15, 0.2) is 48.5 Å². The fraction of sp³-hybridized carbons (Fsp3) is 0.611. The number of esters is 2. The molecule has 0 bridgehead atoms. The SMILES string of the molecule is CCCCCCCCCCOC(=O)[C@H](C)Oc1ccc(OC(=O)c2ccc(OCCCCCCCCCC)cc2)cc1. The number of benzene rings is 2. The van der Waals surface area contributed by atoms with Crippen LogP contribution in [0.25, 0.3) is 0 Å². The molecular weight excluding hydrogens is 528 g/mol. The molecule has 1 atom stereocenters. The topological polar surface area (TPSA) is 71.1 Å². The molecule has 0 N–H and O–H groups in total. The highest BCUT2D eigenvalue weighted by Gasteiger charge is 2.16. The van der Waals surface area contributed by atoms with Crippen LogP contribution >= 0.6 is 0 Å². The summed E-state index contributed by atoms with van der Waals surface area (Å²) in [6.07, 6.45) is 18.9. The van der Waals surface area contributed by atoms with Crippen LogP contribution in [0.3, 0.4) is 0 Å². The van der Waals surface area contributed by atoms with Gasteiger partial charge in [0.2, 0.25) is 0 Å². The summed E-state index contributed by atoms with van der Waals surface area (Å²) >= 11 is 0. The number of carbonyl (C=O) groups is 2. The van der Waals surface area contributed by atoms with Gasteiger partial charge in [0.25, 0.3) is 0 Å². The van der Waals surface area contributed by atoms with E-state index < -0.39 is 12.1 Å². The van der Waals surface area contributed by atoms with E-state index in [2.05, 4.69) is 13.8 Å². The number of carbonyl (C=O) groups excluding carboxylic acids is 2. The van der Waals surface area contributed by atoms with E-state index >= 15 is 0 Å². The predicted octanol–water partition coefficient (Wildman–Crippen LogP) is 9.88. The lowest BCUT2D eigenvalue weighted by molar-refractivity contribution is -0.151. The predicted molar refractivity (Wildman–Crippen MR) is 170 cm³/mol. The van der Waals surface area contributed by atoms with Crippen LogP contribution in [-0.4, -0.2) is 31.3 Å². The van der Waals surface area contributed by atoms with Gasteiger partial charge in [-0.2, -0.15) is 0 Å². The molecule has 0 aromatic heterocycles. The molecular formula is C36H54O6. The normalized spacial score (nSPS) is 11.6. The third kappa shape index (κ3) is 15.8. The molecule has 2 aromatic rings. The second kappa shape index (κ2) is 22.6. The van der Waals surface area contributed by atoms with Crippen LogP contribution in [0.4, 0.5) is 0 Å². The van der Waals surface area contributed by atoms with Gasteiger partial charge in [-0.05, 0) is 68.3 Å². The van der Waals surface area contributed by atoms with Gasteiger partial charge < -0.3 is 18.9 Å². The average molecular weight is 583 g/mol. The molecule has 0 heterocycles. The summed E-state index contributed by atoms with van der Waals surface area (Å²) in [5, 5.41) is 0. The van der Waals surface area contributed by atoms with Gasteiger partial charge in [-0.3, -0.25) is 0 Å². The minimum atomic E-state index is -0.719. The number of rotatable bonds is 24. The molecule has 6 nitrogen and oxygen atoms in total. The van der Waals surface area contributed by atoms with E-state index in [4.69, 9.17) is 18.9 Å². The van der Waals surface area contributed by atoms with E-state index in [-0.39, 0.29) is 5.97 Å². The van der Waals surface area contributed by atoms with E-state index in [0.717, 1.165) is 25.0 Å². The van der Waals surface area contributed by atoms with Crippen molar-refractivity contribution >= 4 is 11.9 Å².